The second kappa shape index (κ2) is 5.25. The Bertz CT molecular complexity index is 396. The maximum atomic E-state index is 11.4. The predicted molar refractivity (Wildman–Crippen MR) is 67.2 cm³/mol. The molecule has 0 radical (unpaired) electrons. The molecule has 1 aliphatic rings. The maximum absolute atomic E-state index is 11.4. The monoisotopic (exact) mass is 280 g/mol. The smallest absolute Gasteiger partial charge is 0.243 e. The molecule has 0 heterocycles. The Kier molecular flexibility index (Phi) is 3.72. The molecule has 4 heteroatoms. The van der Waals surface area contributed by atoms with Crippen molar-refractivity contribution in [3.63, 3.8) is 0 Å². The van der Waals surface area contributed by atoms with Crippen molar-refractivity contribution in [2.45, 2.75) is 19.3 Å². The summed E-state index contributed by atoms with van der Waals surface area (Å²) in [6.07, 6.45) is 4.82. The predicted octanol–water partition coefficient (Wildman–Crippen LogP) is 2.70. The quantitative estimate of drug-likeness (QED) is 0.671. The SMILES string of the molecule is O=C(N/N=C/c1ccc(Br)cc1)C1CCC1. The highest BCUT2D eigenvalue weighted by atomic mass is 79.9. The van der Waals surface area contributed by atoms with Crippen LogP contribution in [0.2, 0.25) is 0 Å². The van der Waals surface area contributed by atoms with Gasteiger partial charge < -0.3 is 0 Å². The van der Waals surface area contributed by atoms with Crippen LogP contribution in [0.15, 0.2) is 33.8 Å². The number of amides is 1. The highest BCUT2D eigenvalue weighted by molar-refractivity contribution is 9.10. The fourth-order valence-electron chi connectivity index (χ4n) is 1.48. The van der Waals surface area contributed by atoms with Gasteiger partial charge in [0.25, 0.3) is 0 Å². The number of rotatable bonds is 3. The summed E-state index contributed by atoms with van der Waals surface area (Å²) in [6, 6.07) is 7.75. The average molecular weight is 281 g/mol. The Morgan fingerprint density at radius 3 is 2.62 bits per heavy atom. The Morgan fingerprint density at radius 1 is 1.38 bits per heavy atom. The number of carbonyl (C=O) groups is 1. The van der Waals surface area contributed by atoms with Crippen LogP contribution >= 0.6 is 15.9 Å². The summed E-state index contributed by atoms with van der Waals surface area (Å²) in [6.45, 7) is 0. The van der Waals surface area contributed by atoms with Crippen molar-refractivity contribution in [1.29, 1.82) is 0 Å². The summed E-state index contributed by atoms with van der Waals surface area (Å²) in [5, 5.41) is 3.93. The normalized spacial score (nSPS) is 16.1. The number of nitrogens with zero attached hydrogens (tertiary/aromatic N) is 1. The molecule has 84 valence electrons. The summed E-state index contributed by atoms with van der Waals surface area (Å²) in [5.74, 6) is 0.224. The second-order valence-electron chi connectivity index (χ2n) is 3.91. The molecule has 1 aromatic rings. The lowest BCUT2D eigenvalue weighted by Gasteiger charge is -2.22. The van der Waals surface area contributed by atoms with Crippen molar-refractivity contribution in [2.75, 3.05) is 0 Å². The molecule has 2 rings (SSSR count). The van der Waals surface area contributed by atoms with Crippen LogP contribution in [-0.2, 0) is 4.79 Å². The molecule has 16 heavy (non-hydrogen) atoms. The standard InChI is InChI=1S/C12H13BrN2O/c13-11-6-4-9(5-7-11)8-14-15-12(16)10-2-1-3-10/h4-8,10H,1-3H2,(H,15,16)/b14-8+. The van der Waals surface area contributed by atoms with Gasteiger partial charge in [0.05, 0.1) is 6.21 Å². The summed E-state index contributed by atoms with van der Waals surface area (Å²) < 4.78 is 1.03. The van der Waals surface area contributed by atoms with Crippen LogP contribution < -0.4 is 5.43 Å². The number of benzene rings is 1. The molecule has 0 bridgehead atoms. The van der Waals surface area contributed by atoms with Crippen molar-refractivity contribution in [3.05, 3.63) is 34.3 Å². The van der Waals surface area contributed by atoms with E-state index in [0.717, 1.165) is 29.3 Å². The van der Waals surface area contributed by atoms with Crippen molar-refractivity contribution in [1.82, 2.24) is 5.43 Å². The zero-order chi connectivity index (χ0) is 11.4. The minimum Gasteiger partial charge on any atom is -0.273 e. The summed E-state index contributed by atoms with van der Waals surface area (Å²) in [4.78, 5) is 11.4. The van der Waals surface area contributed by atoms with E-state index in [1.165, 1.54) is 0 Å². The minimum absolute atomic E-state index is 0.0413. The van der Waals surface area contributed by atoms with Crippen molar-refractivity contribution in [3.8, 4) is 0 Å². The number of hydrogen-bond acceptors (Lipinski definition) is 2. The summed E-state index contributed by atoms with van der Waals surface area (Å²) >= 11 is 3.36. The van der Waals surface area contributed by atoms with Crippen molar-refractivity contribution < 1.29 is 4.79 Å². The van der Waals surface area contributed by atoms with Gasteiger partial charge in [-0.2, -0.15) is 5.10 Å². The number of carbonyl (C=O) groups excluding carboxylic acids is 1. The first-order valence-electron chi connectivity index (χ1n) is 5.34. The second-order valence-corrected chi connectivity index (χ2v) is 4.83. The molecule has 0 saturated heterocycles. The van der Waals surface area contributed by atoms with Gasteiger partial charge >= 0.3 is 0 Å². The van der Waals surface area contributed by atoms with Gasteiger partial charge in [-0.05, 0) is 30.5 Å². The molecule has 0 atom stereocenters. The van der Waals surface area contributed by atoms with Crippen LogP contribution in [0.4, 0.5) is 0 Å². The maximum Gasteiger partial charge on any atom is 0.243 e. The van der Waals surface area contributed by atoms with E-state index < -0.39 is 0 Å². The number of hydrazone groups is 1. The molecule has 0 aliphatic heterocycles. The van der Waals surface area contributed by atoms with E-state index in [1.54, 1.807) is 6.21 Å². The van der Waals surface area contributed by atoms with E-state index in [4.69, 9.17) is 0 Å². The number of halogens is 1. The first kappa shape index (κ1) is 11.3. The topological polar surface area (TPSA) is 41.5 Å². The lowest BCUT2D eigenvalue weighted by atomic mass is 9.85. The molecule has 1 aliphatic carbocycles. The van der Waals surface area contributed by atoms with Gasteiger partial charge in [-0.15, -0.1) is 0 Å². The average Bonchev–Trinajstić information content (AvgIpc) is 2.18. The molecule has 0 unspecified atom stereocenters. The Hall–Kier alpha value is -1.16. The van der Waals surface area contributed by atoms with Crippen molar-refractivity contribution >= 4 is 28.1 Å². The Balaban J connectivity index is 1.84. The molecular weight excluding hydrogens is 268 g/mol. The zero-order valence-corrected chi connectivity index (χ0v) is 10.4. The first-order chi connectivity index (χ1) is 7.75. The Morgan fingerprint density at radius 2 is 2.06 bits per heavy atom. The third kappa shape index (κ3) is 2.92. The molecule has 1 saturated carbocycles. The van der Waals surface area contributed by atoms with Gasteiger partial charge in [0, 0.05) is 10.4 Å². The minimum atomic E-state index is 0.0413. The zero-order valence-electron chi connectivity index (χ0n) is 8.82. The molecule has 0 aromatic heterocycles. The number of hydrogen-bond donors (Lipinski definition) is 1. The van der Waals surface area contributed by atoms with E-state index >= 15 is 0 Å². The molecule has 1 fully saturated rings. The lowest BCUT2D eigenvalue weighted by molar-refractivity contribution is -0.127. The third-order valence-corrected chi connectivity index (χ3v) is 3.26. The van der Waals surface area contributed by atoms with Crippen LogP contribution in [0.3, 0.4) is 0 Å². The van der Waals surface area contributed by atoms with Crippen molar-refractivity contribution in [2.24, 2.45) is 11.0 Å². The highest BCUT2D eigenvalue weighted by Crippen LogP contribution is 2.26. The number of nitrogens with one attached hydrogen (secondary N) is 1. The largest absolute Gasteiger partial charge is 0.273 e. The third-order valence-electron chi connectivity index (χ3n) is 2.73. The van der Waals surface area contributed by atoms with E-state index in [9.17, 15) is 4.79 Å². The molecule has 0 spiro atoms. The van der Waals surface area contributed by atoms with Gasteiger partial charge in [-0.1, -0.05) is 34.5 Å². The van der Waals surface area contributed by atoms with E-state index in [-0.39, 0.29) is 11.8 Å². The van der Waals surface area contributed by atoms with Gasteiger partial charge in [-0.25, -0.2) is 5.43 Å². The van der Waals surface area contributed by atoms with Gasteiger partial charge in [0.2, 0.25) is 5.91 Å². The van der Waals surface area contributed by atoms with E-state index in [0.29, 0.717) is 0 Å². The molecular formula is C12H13BrN2O. The van der Waals surface area contributed by atoms with E-state index in [2.05, 4.69) is 26.5 Å². The van der Waals surface area contributed by atoms with Gasteiger partial charge in [0.15, 0.2) is 0 Å². The van der Waals surface area contributed by atoms with Crippen LogP contribution in [0.5, 0.6) is 0 Å². The van der Waals surface area contributed by atoms with Gasteiger partial charge in [0.1, 0.15) is 0 Å². The molecule has 1 amide bonds. The molecule has 1 aromatic carbocycles. The summed E-state index contributed by atoms with van der Waals surface area (Å²) in [7, 11) is 0. The fraction of sp³-hybridized carbons (Fsp3) is 0.333. The van der Waals surface area contributed by atoms with Crippen LogP contribution in [0, 0.1) is 5.92 Å². The van der Waals surface area contributed by atoms with Gasteiger partial charge in [-0.3, -0.25) is 4.79 Å². The molecule has 1 N–H and O–H groups in total. The summed E-state index contributed by atoms with van der Waals surface area (Å²) in [5.41, 5.74) is 3.54. The first-order valence-corrected chi connectivity index (χ1v) is 6.13. The van der Waals surface area contributed by atoms with Crippen LogP contribution in [0.25, 0.3) is 0 Å². The van der Waals surface area contributed by atoms with Crippen LogP contribution in [0.1, 0.15) is 24.8 Å². The fourth-order valence-corrected chi connectivity index (χ4v) is 1.75. The lowest BCUT2D eigenvalue weighted by Crippen LogP contribution is -2.31. The van der Waals surface area contributed by atoms with E-state index in [1.807, 2.05) is 24.3 Å². The van der Waals surface area contributed by atoms with Crippen LogP contribution in [-0.4, -0.2) is 12.1 Å². The Labute approximate surface area is 103 Å². The highest BCUT2D eigenvalue weighted by Gasteiger charge is 2.24. The molecule has 3 nitrogen and oxygen atoms in total.